The van der Waals surface area contributed by atoms with Gasteiger partial charge in [-0.1, -0.05) is 31.2 Å². The van der Waals surface area contributed by atoms with Crippen molar-refractivity contribution in [2.75, 3.05) is 0 Å². The van der Waals surface area contributed by atoms with Crippen molar-refractivity contribution < 1.29 is 23.8 Å². The van der Waals surface area contributed by atoms with Crippen LogP contribution < -0.4 is 0 Å². The van der Waals surface area contributed by atoms with Crippen molar-refractivity contribution in [2.45, 2.75) is 51.1 Å². The van der Waals surface area contributed by atoms with E-state index in [4.69, 9.17) is 14.2 Å². The SMILES string of the molecule is CC(=O)O[C@@H]([C@@H]1[C@H](C)[C@H]2C=CC=C[C@@H]1O2)[C@H]1CCC(=O)O1. The molecule has 0 unspecified atom stereocenters. The molecule has 5 heteroatoms. The van der Waals surface area contributed by atoms with Gasteiger partial charge >= 0.3 is 11.9 Å². The molecule has 0 aromatic carbocycles. The first-order valence-electron chi connectivity index (χ1n) is 7.43. The van der Waals surface area contributed by atoms with E-state index in [2.05, 4.69) is 6.92 Å². The zero-order valence-electron chi connectivity index (χ0n) is 12.2. The average Bonchev–Trinajstić information content (AvgIpc) is 2.86. The maximum Gasteiger partial charge on any atom is 0.306 e. The Labute approximate surface area is 123 Å². The summed E-state index contributed by atoms with van der Waals surface area (Å²) in [7, 11) is 0. The van der Waals surface area contributed by atoms with E-state index in [1.165, 1.54) is 6.92 Å². The Morgan fingerprint density at radius 3 is 2.67 bits per heavy atom. The van der Waals surface area contributed by atoms with Crippen LogP contribution in [0.2, 0.25) is 0 Å². The van der Waals surface area contributed by atoms with Crippen molar-refractivity contribution in [1.29, 1.82) is 0 Å². The summed E-state index contributed by atoms with van der Waals surface area (Å²) in [6.45, 7) is 3.48. The second-order valence-electron chi connectivity index (χ2n) is 5.91. The lowest BCUT2D eigenvalue weighted by Gasteiger charge is -2.32. The highest BCUT2D eigenvalue weighted by Gasteiger charge is 2.50. The highest BCUT2D eigenvalue weighted by Crippen LogP contribution is 2.41. The third-order valence-corrected chi connectivity index (χ3v) is 4.50. The van der Waals surface area contributed by atoms with Gasteiger partial charge in [0.2, 0.25) is 0 Å². The second-order valence-corrected chi connectivity index (χ2v) is 5.91. The van der Waals surface area contributed by atoms with E-state index in [0.717, 1.165) is 0 Å². The molecule has 0 spiro atoms. The Balaban J connectivity index is 1.85. The minimum absolute atomic E-state index is 0.00370. The van der Waals surface area contributed by atoms with E-state index in [-0.39, 0.29) is 42.1 Å². The van der Waals surface area contributed by atoms with Crippen LogP contribution in [0.15, 0.2) is 24.3 Å². The van der Waals surface area contributed by atoms with Crippen LogP contribution >= 0.6 is 0 Å². The van der Waals surface area contributed by atoms with Gasteiger partial charge in [0.1, 0.15) is 12.2 Å². The molecular formula is C16H20O5. The zero-order chi connectivity index (χ0) is 15.0. The number of esters is 2. The quantitative estimate of drug-likeness (QED) is 0.742. The Hall–Kier alpha value is -1.62. The maximum absolute atomic E-state index is 11.5. The Morgan fingerprint density at radius 2 is 2.05 bits per heavy atom. The molecule has 0 N–H and O–H groups in total. The topological polar surface area (TPSA) is 61.8 Å². The Morgan fingerprint density at radius 1 is 1.33 bits per heavy atom. The monoisotopic (exact) mass is 292 g/mol. The lowest BCUT2D eigenvalue weighted by Crippen LogP contribution is -2.43. The van der Waals surface area contributed by atoms with Crippen molar-refractivity contribution >= 4 is 11.9 Å². The summed E-state index contributed by atoms with van der Waals surface area (Å²) in [6.07, 6.45) is 7.98. The highest BCUT2D eigenvalue weighted by molar-refractivity contribution is 5.72. The summed E-state index contributed by atoms with van der Waals surface area (Å²) >= 11 is 0. The van der Waals surface area contributed by atoms with Crippen LogP contribution in [0.5, 0.6) is 0 Å². The standard InChI is InChI=1S/C16H20O5/c1-9-11-5-3-4-6-12(20-11)15(9)16(19-10(2)17)13-7-8-14(18)21-13/h3-6,9,11-13,15-16H,7-8H2,1-2H3/t9-,11-,12+,13-,15-,16-/m1/s1. The smallest absolute Gasteiger partial charge is 0.306 e. The molecular weight excluding hydrogens is 272 g/mol. The first-order valence-corrected chi connectivity index (χ1v) is 7.43. The molecule has 5 nitrogen and oxygen atoms in total. The Bertz CT molecular complexity index is 495. The summed E-state index contributed by atoms with van der Waals surface area (Å²) in [6, 6.07) is 0. The van der Waals surface area contributed by atoms with E-state index < -0.39 is 6.10 Å². The first-order chi connectivity index (χ1) is 10.1. The third kappa shape index (κ3) is 2.75. The summed E-state index contributed by atoms with van der Waals surface area (Å²) in [5.74, 6) is -0.385. The van der Waals surface area contributed by atoms with E-state index in [1.54, 1.807) is 0 Å². The first kappa shape index (κ1) is 14.3. The largest absolute Gasteiger partial charge is 0.458 e. The minimum atomic E-state index is -0.449. The van der Waals surface area contributed by atoms with Gasteiger partial charge in [-0.25, -0.2) is 0 Å². The number of allylic oxidation sites excluding steroid dienone is 2. The van der Waals surface area contributed by atoms with Crippen LogP contribution in [-0.2, 0) is 23.8 Å². The number of hydrogen-bond acceptors (Lipinski definition) is 5. The summed E-state index contributed by atoms with van der Waals surface area (Å²) in [5, 5.41) is 0. The van der Waals surface area contributed by atoms with Crippen LogP contribution in [0.3, 0.4) is 0 Å². The van der Waals surface area contributed by atoms with Gasteiger partial charge in [0, 0.05) is 19.3 Å². The number of cyclic esters (lactones) is 1. The summed E-state index contributed by atoms with van der Waals surface area (Å²) < 4.78 is 16.9. The van der Waals surface area contributed by atoms with Gasteiger partial charge < -0.3 is 14.2 Å². The van der Waals surface area contributed by atoms with Crippen LogP contribution in [0.25, 0.3) is 0 Å². The van der Waals surface area contributed by atoms with Crippen LogP contribution in [-0.4, -0.2) is 36.4 Å². The van der Waals surface area contributed by atoms with Crippen molar-refractivity contribution in [3.8, 4) is 0 Å². The number of rotatable bonds is 3. The van der Waals surface area contributed by atoms with Crippen molar-refractivity contribution in [3.63, 3.8) is 0 Å². The van der Waals surface area contributed by atoms with Crippen molar-refractivity contribution in [1.82, 2.24) is 0 Å². The normalized spacial score (nSPS) is 39.0. The second kappa shape index (κ2) is 5.64. The Kier molecular flexibility index (Phi) is 3.85. The van der Waals surface area contributed by atoms with E-state index in [1.807, 2.05) is 24.3 Å². The molecule has 0 aromatic heterocycles. The van der Waals surface area contributed by atoms with Crippen LogP contribution in [0.1, 0.15) is 26.7 Å². The molecule has 3 aliphatic heterocycles. The van der Waals surface area contributed by atoms with Gasteiger partial charge in [-0.3, -0.25) is 9.59 Å². The van der Waals surface area contributed by atoms with E-state index in [0.29, 0.717) is 12.8 Å². The molecule has 6 atom stereocenters. The van der Waals surface area contributed by atoms with Crippen molar-refractivity contribution in [3.05, 3.63) is 24.3 Å². The lowest BCUT2D eigenvalue weighted by molar-refractivity contribution is -0.166. The lowest BCUT2D eigenvalue weighted by atomic mass is 9.80. The molecule has 0 amide bonds. The van der Waals surface area contributed by atoms with Crippen LogP contribution in [0, 0.1) is 11.8 Å². The highest BCUT2D eigenvalue weighted by atomic mass is 16.6. The molecule has 21 heavy (non-hydrogen) atoms. The molecule has 0 radical (unpaired) electrons. The molecule has 3 heterocycles. The zero-order valence-corrected chi connectivity index (χ0v) is 12.2. The fourth-order valence-electron chi connectivity index (χ4n) is 3.51. The van der Waals surface area contributed by atoms with Gasteiger partial charge in [0.05, 0.1) is 12.2 Å². The van der Waals surface area contributed by atoms with Crippen molar-refractivity contribution in [2.24, 2.45) is 11.8 Å². The molecule has 114 valence electrons. The van der Waals surface area contributed by atoms with Crippen LogP contribution in [0.4, 0.5) is 0 Å². The number of ether oxygens (including phenoxy) is 3. The number of hydrogen-bond donors (Lipinski definition) is 0. The van der Waals surface area contributed by atoms with E-state index in [9.17, 15) is 9.59 Å². The molecule has 3 aliphatic rings. The number of fused-ring (bicyclic) bond motifs is 2. The van der Waals surface area contributed by atoms with Gasteiger partial charge in [0.25, 0.3) is 0 Å². The molecule has 0 saturated carbocycles. The number of carbonyl (C=O) groups excluding carboxylic acids is 2. The fourth-order valence-corrected chi connectivity index (χ4v) is 3.51. The summed E-state index contributed by atoms with van der Waals surface area (Å²) in [5.41, 5.74) is 0. The molecule has 0 aromatic rings. The molecule has 0 aliphatic carbocycles. The molecule has 2 bridgehead atoms. The predicted octanol–water partition coefficient (Wildman–Crippen LogP) is 1.77. The van der Waals surface area contributed by atoms with Gasteiger partial charge in [0.15, 0.2) is 0 Å². The number of carbonyl (C=O) groups is 2. The third-order valence-electron chi connectivity index (χ3n) is 4.50. The van der Waals surface area contributed by atoms with E-state index >= 15 is 0 Å². The minimum Gasteiger partial charge on any atom is -0.458 e. The predicted molar refractivity (Wildman–Crippen MR) is 74.3 cm³/mol. The maximum atomic E-state index is 11.5. The fraction of sp³-hybridized carbons (Fsp3) is 0.625. The average molecular weight is 292 g/mol. The molecule has 2 fully saturated rings. The molecule has 3 rings (SSSR count). The van der Waals surface area contributed by atoms with Gasteiger partial charge in [-0.15, -0.1) is 0 Å². The molecule has 2 saturated heterocycles. The van der Waals surface area contributed by atoms with Gasteiger partial charge in [-0.2, -0.15) is 0 Å². The van der Waals surface area contributed by atoms with Gasteiger partial charge in [-0.05, 0) is 12.3 Å². The summed E-state index contributed by atoms with van der Waals surface area (Å²) in [4.78, 5) is 22.9.